The van der Waals surface area contributed by atoms with Gasteiger partial charge in [0.15, 0.2) is 11.6 Å². The summed E-state index contributed by atoms with van der Waals surface area (Å²) in [7, 11) is 0. The zero-order chi connectivity index (χ0) is 16.7. The fourth-order valence-electron chi connectivity index (χ4n) is 1.86. The first-order valence-corrected chi connectivity index (χ1v) is 7.00. The molecule has 0 aliphatic carbocycles. The van der Waals surface area contributed by atoms with Crippen LogP contribution in [0.4, 0.5) is 4.39 Å². The van der Waals surface area contributed by atoms with Crippen molar-refractivity contribution < 1.29 is 19.1 Å². The summed E-state index contributed by atoms with van der Waals surface area (Å²) in [4.78, 5) is 23.4. The van der Waals surface area contributed by atoms with E-state index in [-0.39, 0.29) is 18.0 Å². The number of allylic oxidation sites excluding steroid dienone is 2. The lowest BCUT2D eigenvalue weighted by Crippen LogP contribution is -2.02. The highest BCUT2D eigenvalue weighted by Gasteiger charge is 2.04. The fraction of sp³-hybridized carbons (Fsp3) is 0.0526. The molecule has 3 nitrogen and oxygen atoms in total. The van der Waals surface area contributed by atoms with Gasteiger partial charge in [0.1, 0.15) is 11.6 Å². The first-order chi connectivity index (χ1) is 11.0. The minimum Gasteiger partial charge on any atom is -0.508 e. The van der Waals surface area contributed by atoms with Gasteiger partial charge in [0, 0.05) is 5.56 Å². The van der Waals surface area contributed by atoms with Gasteiger partial charge in [-0.25, -0.2) is 4.39 Å². The Labute approximate surface area is 133 Å². The van der Waals surface area contributed by atoms with Crippen molar-refractivity contribution in [1.82, 2.24) is 0 Å². The molecule has 0 amide bonds. The lowest BCUT2D eigenvalue weighted by Gasteiger charge is -1.96. The molecule has 0 unspecified atom stereocenters. The Hall–Kier alpha value is -3.01. The smallest absolute Gasteiger partial charge is 0.163 e. The van der Waals surface area contributed by atoms with E-state index < -0.39 is 11.6 Å². The monoisotopic (exact) mass is 310 g/mol. The Bertz CT molecular complexity index is 758. The quantitative estimate of drug-likeness (QED) is 0.652. The minimum atomic E-state index is -0.421. The normalized spacial score (nSPS) is 11.2. The highest BCUT2D eigenvalue weighted by atomic mass is 19.1. The highest BCUT2D eigenvalue weighted by molar-refractivity contribution is 6.10. The lowest BCUT2D eigenvalue weighted by molar-refractivity contribution is -0.121. The van der Waals surface area contributed by atoms with Gasteiger partial charge in [-0.1, -0.05) is 36.4 Å². The maximum absolute atomic E-state index is 13.4. The topological polar surface area (TPSA) is 54.4 Å². The second-order valence-corrected chi connectivity index (χ2v) is 4.89. The van der Waals surface area contributed by atoms with E-state index in [0.717, 1.165) is 5.56 Å². The van der Waals surface area contributed by atoms with Crippen molar-refractivity contribution in [1.29, 1.82) is 0 Å². The van der Waals surface area contributed by atoms with Crippen molar-refractivity contribution in [2.75, 3.05) is 0 Å². The van der Waals surface area contributed by atoms with Crippen LogP contribution in [0.5, 0.6) is 5.75 Å². The number of hydrogen-bond donors (Lipinski definition) is 1. The van der Waals surface area contributed by atoms with Crippen molar-refractivity contribution >= 4 is 23.7 Å². The Balaban J connectivity index is 1.91. The van der Waals surface area contributed by atoms with Gasteiger partial charge in [-0.05, 0) is 42.0 Å². The number of rotatable bonds is 6. The molecule has 0 bridgehead atoms. The molecular formula is C19H15FO3. The molecule has 0 heterocycles. The van der Waals surface area contributed by atoms with Gasteiger partial charge < -0.3 is 5.11 Å². The molecule has 0 saturated carbocycles. The summed E-state index contributed by atoms with van der Waals surface area (Å²) in [6, 6.07) is 12.4. The lowest BCUT2D eigenvalue weighted by atomic mass is 10.1. The zero-order valence-electron chi connectivity index (χ0n) is 12.3. The van der Waals surface area contributed by atoms with E-state index in [1.165, 1.54) is 36.4 Å². The van der Waals surface area contributed by atoms with Crippen molar-refractivity contribution in [3.05, 3.63) is 77.6 Å². The number of halogens is 1. The van der Waals surface area contributed by atoms with Crippen LogP contribution in [0.15, 0.2) is 60.7 Å². The van der Waals surface area contributed by atoms with Crippen molar-refractivity contribution in [3.63, 3.8) is 0 Å². The standard InChI is InChI=1S/C19H15FO3/c20-19-4-2-1-3-15(19)8-12-18(23)13-17(22)11-7-14-5-9-16(21)10-6-14/h1-12,21H,13H2. The summed E-state index contributed by atoms with van der Waals surface area (Å²) in [6.07, 6.45) is 5.15. The van der Waals surface area contributed by atoms with Gasteiger partial charge in [0.25, 0.3) is 0 Å². The van der Waals surface area contributed by atoms with Crippen LogP contribution in [0, 0.1) is 5.82 Å². The average Bonchev–Trinajstić information content (AvgIpc) is 2.53. The van der Waals surface area contributed by atoms with Crippen LogP contribution >= 0.6 is 0 Å². The van der Waals surface area contributed by atoms with E-state index in [1.54, 1.807) is 36.4 Å². The Morgan fingerprint density at radius 3 is 2.17 bits per heavy atom. The molecular weight excluding hydrogens is 295 g/mol. The molecule has 0 aliphatic rings. The molecule has 4 heteroatoms. The third-order valence-electron chi connectivity index (χ3n) is 3.06. The van der Waals surface area contributed by atoms with E-state index in [0.29, 0.717) is 5.56 Å². The predicted molar refractivity (Wildman–Crippen MR) is 87.2 cm³/mol. The van der Waals surface area contributed by atoms with Gasteiger partial charge in [0.05, 0.1) is 6.42 Å². The first-order valence-electron chi connectivity index (χ1n) is 7.00. The molecule has 0 fully saturated rings. The molecule has 23 heavy (non-hydrogen) atoms. The van der Waals surface area contributed by atoms with Crippen LogP contribution in [-0.4, -0.2) is 16.7 Å². The van der Waals surface area contributed by atoms with E-state index in [2.05, 4.69) is 0 Å². The molecule has 0 aromatic heterocycles. The van der Waals surface area contributed by atoms with Gasteiger partial charge >= 0.3 is 0 Å². The highest BCUT2D eigenvalue weighted by Crippen LogP contribution is 2.11. The maximum Gasteiger partial charge on any atom is 0.163 e. The third kappa shape index (κ3) is 5.36. The largest absolute Gasteiger partial charge is 0.508 e. The molecule has 0 spiro atoms. The second kappa shape index (κ2) is 7.84. The molecule has 1 N–H and O–H groups in total. The van der Waals surface area contributed by atoms with E-state index >= 15 is 0 Å². The number of phenolic OH excluding ortho intramolecular Hbond substituents is 1. The number of carbonyl (C=O) groups is 2. The van der Waals surface area contributed by atoms with Crippen LogP contribution in [-0.2, 0) is 9.59 Å². The number of benzene rings is 2. The molecule has 2 aromatic rings. The van der Waals surface area contributed by atoms with Crippen LogP contribution in [0.2, 0.25) is 0 Å². The molecule has 116 valence electrons. The third-order valence-corrected chi connectivity index (χ3v) is 3.06. The Morgan fingerprint density at radius 2 is 1.52 bits per heavy atom. The summed E-state index contributed by atoms with van der Waals surface area (Å²) >= 11 is 0. The molecule has 2 rings (SSSR count). The molecule has 2 aromatic carbocycles. The summed E-state index contributed by atoms with van der Waals surface area (Å²) in [5, 5.41) is 9.16. The number of carbonyl (C=O) groups excluding carboxylic acids is 2. The SMILES string of the molecule is O=C(C=Cc1ccc(O)cc1)CC(=O)C=Cc1ccccc1F. The second-order valence-electron chi connectivity index (χ2n) is 4.89. The van der Waals surface area contributed by atoms with E-state index in [9.17, 15) is 14.0 Å². The Morgan fingerprint density at radius 1 is 0.913 bits per heavy atom. The van der Waals surface area contributed by atoms with Gasteiger partial charge in [-0.15, -0.1) is 0 Å². The molecule has 0 atom stereocenters. The van der Waals surface area contributed by atoms with Crippen LogP contribution in [0.1, 0.15) is 17.5 Å². The van der Waals surface area contributed by atoms with Gasteiger partial charge in [-0.2, -0.15) is 0 Å². The van der Waals surface area contributed by atoms with Crippen LogP contribution in [0.25, 0.3) is 12.2 Å². The maximum atomic E-state index is 13.4. The molecule has 0 aliphatic heterocycles. The average molecular weight is 310 g/mol. The van der Waals surface area contributed by atoms with E-state index in [4.69, 9.17) is 5.11 Å². The number of ketones is 2. The fourth-order valence-corrected chi connectivity index (χ4v) is 1.86. The Kier molecular flexibility index (Phi) is 5.58. The number of aromatic hydroxyl groups is 1. The zero-order valence-corrected chi connectivity index (χ0v) is 12.3. The van der Waals surface area contributed by atoms with Crippen LogP contribution < -0.4 is 0 Å². The summed E-state index contributed by atoms with van der Waals surface area (Å²) in [5.74, 6) is -1.02. The van der Waals surface area contributed by atoms with Gasteiger partial charge in [0.2, 0.25) is 0 Å². The molecule has 0 saturated heterocycles. The molecule has 0 radical (unpaired) electrons. The predicted octanol–water partition coefficient (Wildman–Crippen LogP) is 3.79. The number of phenols is 1. The summed E-state index contributed by atoms with van der Waals surface area (Å²) in [6.45, 7) is 0. The van der Waals surface area contributed by atoms with Crippen molar-refractivity contribution in [3.8, 4) is 5.75 Å². The van der Waals surface area contributed by atoms with Gasteiger partial charge in [-0.3, -0.25) is 9.59 Å². The van der Waals surface area contributed by atoms with E-state index in [1.807, 2.05) is 0 Å². The minimum absolute atomic E-state index is 0.141. The van der Waals surface area contributed by atoms with Crippen molar-refractivity contribution in [2.45, 2.75) is 6.42 Å². The van der Waals surface area contributed by atoms with Crippen LogP contribution in [0.3, 0.4) is 0 Å². The number of hydrogen-bond acceptors (Lipinski definition) is 3. The van der Waals surface area contributed by atoms with Crippen molar-refractivity contribution in [2.24, 2.45) is 0 Å². The summed E-state index contributed by atoms with van der Waals surface area (Å²) in [5.41, 5.74) is 1.04. The summed E-state index contributed by atoms with van der Waals surface area (Å²) < 4.78 is 13.4. The first kappa shape index (κ1) is 16.4.